The summed E-state index contributed by atoms with van der Waals surface area (Å²) in [5, 5.41) is 6.61. The van der Waals surface area contributed by atoms with Crippen molar-refractivity contribution < 1.29 is 13.6 Å². The molecule has 0 aliphatic carbocycles. The number of carbonyl (C=O) groups is 1. The molecule has 2 aromatic carbocycles. The second-order valence-electron chi connectivity index (χ2n) is 7.85. The number of nitrogens with zero attached hydrogens (tertiary/aromatic N) is 3. The minimum atomic E-state index is -0.744. The highest BCUT2D eigenvalue weighted by Crippen LogP contribution is 2.29. The number of carbonyl (C=O) groups excluding carboxylic acids is 1. The quantitative estimate of drug-likeness (QED) is 0.491. The third kappa shape index (κ3) is 3.79. The van der Waals surface area contributed by atoms with Crippen molar-refractivity contribution in [2.24, 2.45) is 5.92 Å². The Morgan fingerprint density at radius 2 is 1.90 bits per heavy atom. The molecule has 0 saturated carbocycles. The topological polar surface area (TPSA) is 58.1 Å². The van der Waals surface area contributed by atoms with E-state index in [1.807, 2.05) is 30.5 Å². The summed E-state index contributed by atoms with van der Waals surface area (Å²) in [5.41, 5.74) is 1.68. The fourth-order valence-corrected chi connectivity index (χ4v) is 4.23. The molecular formula is C24H20F2N4O. The van der Waals surface area contributed by atoms with Crippen LogP contribution in [0.15, 0.2) is 60.9 Å². The lowest BCUT2D eigenvalue weighted by molar-refractivity contribution is 0.0787. The first-order valence-electron chi connectivity index (χ1n) is 10.2. The second kappa shape index (κ2) is 7.91. The number of hydrogen-bond acceptors (Lipinski definition) is 4. The zero-order valence-corrected chi connectivity index (χ0v) is 16.7. The molecule has 1 fully saturated rings. The van der Waals surface area contributed by atoms with Crippen molar-refractivity contribution in [3.8, 4) is 0 Å². The van der Waals surface area contributed by atoms with Crippen LogP contribution in [0.3, 0.4) is 0 Å². The largest absolute Gasteiger partial charge is 0.384 e. The van der Waals surface area contributed by atoms with Crippen molar-refractivity contribution in [2.75, 3.05) is 25.0 Å². The molecule has 1 unspecified atom stereocenters. The molecule has 0 spiro atoms. The van der Waals surface area contributed by atoms with Gasteiger partial charge in [-0.15, -0.1) is 0 Å². The highest BCUT2D eigenvalue weighted by molar-refractivity contribution is 6.10. The molecule has 1 aliphatic rings. The first-order chi connectivity index (χ1) is 15.1. The Morgan fingerprint density at radius 1 is 1.10 bits per heavy atom. The first kappa shape index (κ1) is 19.4. The number of benzene rings is 2. The predicted molar refractivity (Wildman–Crippen MR) is 116 cm³/mol. The summed E-state index contributed by atoms with van der Waals surface area (Å²) < 4.78 is 26.9. The molecule has 1 N–H and O–H groups in total. The summed E-state index contributed by atoms with van der Waals surface area (Å²) in [7, 11) is 0. The molecular weight excluding hydrogens is 398 g/mol. The van der Waals surface area contributed by atoms with Crippen LogP contribution in [0, 0.1) is 17.6 Å². The lowest BCUT2D eigenvalue weighted by Crippen LogP contribution is -2.30. The molecule has 31 heavy (non-hydrogen) atoms. The van der Waals surface area contributed by atoms with E-state index in [4.69, 9.17) is 0 Å². The molecule has 0 bridgehead atoms. The van der Waals surface area contributed by atoms with Crippen LogP contribution >= 0.6 is 0 Å². The third-order valence-corrected chi connectivity index (χ3v) is 5.75. The maximum absolute atomic E-state index is 13.5. The molecule has 7 heteroatoms. The van der Waals surface area contributed by atoms with E-state index in [2.05, 4.69) is 21.4 Å². The van der Waals surface area contributed by atoms with Crippen LogP contribution < -0.4 is 5.32 Å². The number of pyridine rings is 2. The fraction of sp³-hybridized carbons (Fsp3) is 0.208. The normalized spacial score (nSPS) is 16.2. The van der Waals surface area contributed by atoms with Gasteiger partial charge in [0.25, 0.3) is 5.91 Å². The number of amides is 1. The Kier molecular flexibility index (Phi) is 4.94. The van der Waals surface area contributed by atoms with Crippen LogP contribution in [0.25, 0.3) is 21.8 Å². The summed E-state index contributed by atoms with van der Waals surface area (Å²) in [6.45, 7) is 1.76. The molecule has 1 amide bonds. The molecule has 2 aromatic heterocycles. The molecule has 3 heterocycles. The van der Waals surface area contributed by atoms with Crippen molar-refractivity contribution in [3.05, 3.63) is 78.1 Å². The number of rotatable bonds is 4. The van der Waals surface area contributed by atoms with Crippen molar-refractivity contribution in [2.45, 2.75) is 6.42 Å². The van der Waals surface area contributed by atoms with Crippen molar-refractivity contribution >= 4 is 33.4 Å². The smallest absolute Gasteiger partial charge is 0.254 e. The van der Waals surface area contributed by atoms with E-state index >= 15 is 0 Å². The van der Waals surface area contributed by atoms with Gasteiger partial charge in [-0.05, 0) is 35.9 Å². The first-order valence-corrected chi connectivity index (χ1v) is 10.2. The standard InChI is InChI=1S/C24H20F2N4O/c25-18-9-17(10-19(26)11-18)24(31)30-8-6-15(14-30)12-28-21-5-7-27-23-22(21)20-4-2-1-3-16(20)13-29-23/h1-5,7,9-11,13,15H,6,8,12,14H2,(H,27,28,29). The molecule has 1 saturated heterocycles. The van der Waals surface area contributed by atoms with E-state index in [1.54, 1.807) is 11.1 Å². The number of hydrogen-bond donors (Lipinski definition) is 1. The lowest BCUT2D eigenvalue weighted by Gasteiger charge is -2.18. The van der Waals surface area contributed by atoms with E-state index in [-0.39, 0.29) is 17.4 Å². The lowest BCUT2D eigenvalue weighted by atomic mass is 10.1. The van der Waals surface area contributed by atoms with Crippen molar-refractivity contribution in [1.82, 2.24) is 14.9 Å². The summed E-state index contributed by atoms with van der Waals surface area (Å²) in [5.74, 6) is -1.60. The van der Waals surface area contributed by atoms with E-state index in [1.165, 1.54) is 0 Å². The predicted octanol–water partition coefficient (Wildman–Crippen LogP) is 4.64. The number of fused-ring (bicyclic) bond motifs is 3. The number of anilines is 1. The Balaban J connectivity index is 1.32. The highest BCUT2D eigenvalue weighted by atomic mass is 19.1. The number of aromatic nitrogens is 2. The van der Waals surface area contributed by atoms with Gasteiger partial charge in [0, 0.05) is 54.7 Å². The van der Waals surface area contributed by atoms with Gasteiger partial charge in [0.2, 0.25) is 0 Å². The van der Waals surface area contributed by atoms with Crippen LogP contribution in [0.2, 0.25) is 0 Å². The zero-order valence-electron chi connectivity index (χ0n) is 16.7. The maximum Gasteiger partial charge on any atom is 0.254 e. The summed E-state index contributed by atoms with van der Waals surface area (Å²) in [6.07, 6.45) is 4.37. The van der Waals surface area contributed by atoms with Gasteiger partial charge in [-0.2, -0.15) is 0 Å². The molecule has 0 radical (unpaired) electrons. The maximum atomic E-state index is 13.5. The fourth-order valence-electron chi connectivity index (χ4n) is 4.23. The number of likely N-dealkylation sites (tertiary alicyclic amines) is 1. The van der Waals surface area contributed by atoms with Gasteiger partial charge in [0.1, 0.15) is 11.6 Å². The van der Waals surface area contributed by atoms with Crippen LogP contribution in [-0.2, 0) is 0 Å². The average Bonchev–Trinajstić information content (AvgIpc) is 3.25. The van der Waals surface area contributed by atoms with Gasteiger partial charge in [-0.25, -0.2) is 18.7 Å². The number of halogens is 2. The van der Waals surface area contributed by atoms with Crippen molar-refractivity contribution in [3.63, 3.8) is 0 Å². The minimum Gasteiger partial charge on any atom is -0.384 e. The summed E-state index contributed by atoms with van der Waals surface area (Å²) in [4.78, 5) is 23.2. The Bertz CT molecular complexity index is 1270. The minimum absolute atomic E-state index is 0.0452. The van der Waals surface area contributed by atoms with Crippen LogP contribution in [0.1, 0.15) is 16.8 Å². The number of nitrogens with one attached hydrogen (secondary N) is 1. The monoisotopic (exact) mass is 418 g/mol. The summed E-state index contributed by atoms with van der Waals surface area (Å²) >= 11 is 0. The zero-order chi connectivity index (χ0) is 21.4. The van der Waals surface area contributed by atoms with Gasteiger partial charge in [-0.1, -0.05) is 24.3 Å². The molecule has 1 atom stereocenters. The van der Waals surface area contributed by atoms with E-state index in [0.717, 1.165) is 46.5 Å². The highest BCUT2D eigenvalue weighted by Gasteiger charge is 2.27. The van der Waals surface area contributed by atoms with Gasteiger partial charge in [0.05, 0.1) is 5.39 Å². The average molecular weight is 418 g/mol. The third-order valence-electron chi connectivity index (χ3n) is 5.75. The molecule has 5 nitrogen and oxygen atoms in total. The van der Waals surface area contributed by atoms with Crippen LogP contribution in [-0.4, -0.2) is 40.4 Å². The Labute approximate surface area is 177 Å². The summed E-state index contributed by atoms with van der Waals surface area (Å²) in [6, 6.07) is 12.9. The van der Waals surface area contributed by atoms with Crippen LogP contribution in [0.4, 0.5) is 14.5 Å². The van der Waals surface area contributed by atoms with Gasteiger partial charge < -0.3 is 10.2 Å². The van der Waals surface area contributed by atoms with E-state index < -0.39 is 11.6 Å². The van der Waals surface area contributed by atoms with Gasteiger partial charge in [-0.3, -0.25) is 4.79 Å². The van der Waals surface area contributed by atoms with Crippen molar-refractivity contribution in [1.29, 1.82) is 0 Å². The Hall–Kier alpha value is -3.61. The van der Waals surface area contributed by atoms with E-state index in [9.17, 15) is 13.6 Å². The van der Waals surface area contributed by atoms with Crippen LogP contribution in [0.5, 0.6) is 0 Å². The second-order valence-corrected chi connectivity index (χ2v) is 7.85. The van der Waals surface area contributed by atoms with E-state index in [0.29, 0.717) is 25.3 Å². The molecule has 4 aromatic rings. The molecule has 156 valence electrons. The van der Waals surface area contributed by atoms with Gasteiger partial charge >= 0.3 is 0 Å². The molecule has 1 aliphatic heterocycles. The van der Waals surface area contributed by atoms with Gasteiger partial charge in [0.15, 0.2) is 5.65 Å². The SMILES string of the molecule is O=C(c1cc(F)cc(F)c1)N1CCC(CNc2ccnc3ncc4ccccc4c23)C1. The molecule has 5 rings (SSSR count). The Morgan fingerprint density at radius 3 is 2.74 bits per heavy atom.